The summed E-state index contributed by atoms with van der Waals surface area (Å²) in [6.07, 6.45) is 1.87. The van der Waals surface area contributed by atoms with Crippen molar-refractivity contribution < 1.29 is 9.59 Å². The van der Waals surface area contributed by atoms with Gasteiger partial charge in [0.1, 0.15) is 0 Å². The highest BCUT2D eigenvalue weighted by Crippen LogP contribution is 2.18. The summed E-state index contributed by atoms with van der Waals surface area (Å²) >= 11 is 0. The SMILES string of the molecule is CC(=O)N1CCN(C(=O)Nc2ccc3[nH]ccc3c2)CC1. The molecule has 3 rings (SSSR count). The van der Waals surface area contributed by atoms with Gasteiger partial charge in [0.25, 0.3) is 0 Å². The molecule has 1 saturated heterocycles. The molecule has 6 heteroatoms. The number of aromatic amines is 1. The number of nitrogens with zero attached hydrogens (tertiary/aromatic N) is 2. The second kappa shape index (κ2) is 5.47. The zero-order valence-corrected chi connectivity index (χ0v) is 11.9. The summed E-state index contributed by atoms with van der Waals surface area (Å²) in [5.41, 5.74) is 1.82. The van der Waals surface area contributed by atoms with Crippen LogP contribution >= 0.6 is 0 Å². The molecule has 2 aromatic rings. The second-order valence-electron chi connectivity index (χ2n) is 5.20. The van der Waals surface area contributed by atoms with E-state index < -0.39 is 0 Å². The largest absolute Gasteiger partial charge is 0.361 e. The number of rotatable bonds is 1. The van der Waals surface area contributed by atoms with Crippen LogP contribution in [0.1, 0.15) is 6.92 Å². The molecule has 0 atom stereocenters. The number of amides is 3. The fourth-order valence-electron chi connectivity index (χ4n) is 2.56. The number of urea groups is 1. The van der Waals surface area contributed by atoms with Gasteiger partial charge in [0.2, 0.25) is 5.91 Å². The summed E-state index contributed by atoms with van der Waals surface area (Å²) in [4.78, 5) is 30.1. The molecule has 1 fully saturated rings. The van der Waals surface area contributed by atoms with Crippen LogP contribution in [0.25, 0.3) is 10.9 Å². The zero-order chi connectivity index (χ0) is 14.8. The maximum absolute atomic E-state index is 12.2. The number of benzene rings is 1. The van der Waals surface area contributed by atoms with E-state index in [2.05, 4.69) is 10.3 Å². The summed E-state index contributed by atoms with van der Waals surface area (Å²) in [5, 5.41) is 3.97. The van der Waals surface area contributed by atoms with Crippen molar-refractivity contribution >= 4 is 28.5 Å². The summed E-state index contributed by atoms with van der Waals surface area (Å²) in [5.74, 6) is 0.0629. The molecule has 110 valence electrons. The smallest absolute Gasteiger partial charge is 0.321 e. The number of H-pyrrole nitrogens is 1. The topological polar surface area (TPSA) is 68.4 Å². The molecule has 1 aliphatic rings. The van der Waals surface area contributed by atoms with Crippen LogP contribution in [0.4, 0.5) is 10.5 Å². The van der Waals surface area contributed by atoms with Crippen molar-refractivity contribution in [2.24, 2.45) is 0 Å². The molecule has 0 aliphatic carbocycles. The van der Waals surface area contributed by atoms with Crippen molar-refractivity contribution in [3.05, 3.63) is 30.5 Å². The minimum atomic E-state index is -0.118. The Morgan fingerprint density at radius 3 is 2.52 bits per heavy atom. The van der Waals surface area contributed by atoms with Gasteiger partial charge in [-0.05, 0) is 24.3 Å². The number of nitrogens with one attached hydrogen (secondary N) is 2. The second-order valence-corrected chi connectivity index (χ2v) is 5.20. The van der Waals surface area contributed by atoms with E-state index in [4.69, 9.17) is 0 Å². The number of piperazine rings is 1. The summed E-state index contributed by atoms with van der Waals surface area (Å²) in [7, 11) is 0. The van der Waals surface area contributed by atoms with Crippen molar-refractivity contribution in [2.45, 2.75) is 6.92 Å². The minimum absolute atomic E-state index is 0.0629. The number of hydrogen-bond donors (Lipinski definition) is 2. The number of fused-ring (bicyclic) bond motifs is 1. The standard InChI is InChI=1S/C15H18N4O2/c1-11(20)18-6-8-19(9-7-18)15(21)17-13-2-3-14-12(10-13)4-5-16-14/h2-5,10,16H,6-9H2,1H3,(H,17,21). The molecule has 0 unspecified atom stereocenters. The quantitative estimate of drug-likeness (QED) is 0.840. The molecule has 2 N–H and O–H groups in total. The van der Waals surface area contributed by atoms with Crippen LogP contribution < -0.4 is 5.32 Å². The van der Waals surface area contributed by atoms with Crippen LogP contribution in [-0.4, -0.2) is 52.9 Å². The lowest BCUT2D eigenvalue weighted by molar-refractivity contribution is -0.130. The Hall–Kier alpha value is -2.50. The summed E-state index contributed by atoms with van der Waals surface area (Å²) in [6, 6.07) is 7.61. The molecule has 21 heavy (non-hydrogen) atoms. The molecular weight excluding hydrogens is 268 g/mol. The first kappa shape index (κ1) is 13.5. The van der Waals surface area contributed by atoms with Gasteiger partial charge in [-0.2, -0.15) is 0 Å². The number of anilines is 1. The fraction of sp³-hybridized carbons (Fsp3) is 0.333. The van der Waals surface area contributed by atoms with Crippen LogP contribution in [0, 0.1) is 0 Å². The van der Waals surface area contributed by atoms with Crippen molar-refractivity contribution in [3.63, 3.8) is 0 Å². The van der Waals surface area contributed by atoms with E-state index >= 15 is 0 Å². The molecule has 0 bridgehead atoms. The molecule has 1 aliphatic heterocycles. The predicted molar refractivity (Wildman–Crippen MR) is 81.1 cm³/mol. The van der Waals surface area contributed by atoms with Gasteiger partial charge in [0.05, 0.1) is 0 Å². The molecule has 0 spiro atoms. The number of carbonyl (C=O) groups is 2. The first-order chi connectivity index (χ1) is 10.1. The van der Waals surface area contributed by atoms with Gasteiger partial charge < -0.3 is 20.1 Å². The molecule has 2 heterocycles. The minimum Gasteiger partial charge on any atom is -0.361 e. The predicted octanol–water partition coefficient (Wildman–Crippen LogP) is 1.86. The maximum Gasteiger partial charge on any atom is 0.321 e. The van der Waals surface area contributed by atoms with Crippen LogP contribution in [-0.2, 0) is 4.79 Å². The average molecular weight is 286 g/mol. The molecule has 1 aromatic carbocycles. The van der Waals surface area contributed by atoms with E-state index in [1.165, 1.54) is 0 Å². The molecule has 6 nitrogen and oxygen atoms in total. The van der Waals surface area contributed by atoms with Crippen molar-refractivity contribution in [1.29, 1.82) is 0 Å². The van der Waals surface area contributed by atoms with Crippen molar-refractivity contribution in [3.8, 4) is 0 Å². The van der Waals surface area contributed by atoms with E-state index in [1.807, 2.05) is 30.5 Å². The first-order valence-electron chi connectivity index (χ1n) is 7.02. The highest BCUT2D eigenvalue weighted by atomic mass is 16.2. The molecular formula is C15H18N4O2. The van der Waals surface area contributed by atoms with Gasteiger partial charge in [-0.25, -0.2) is 4.79 Å². The lowest BCUT2D eigenvalue weighted by atomic mass is 10.2. The van der Waals surface area contributed by atoms with Crippen LogP contribution in [0.3, 0.4) is 0 Å². The molecule has 3 amide bonds. The van der Waals surface area contributed by atoms with Crippen LogP contribution in [0.2, 0.25) is 0 Å². The third-order valence-corrected chi connectivity index (χ3v) is 3.82. The van der Waals surface area contributed by atoms with Crippen molar-refractivity contribution in [1.82, 2.24) is 14.8 Å². The Bertz CT molecular complexity index is 671. The highest BCUT2D eigenvalue weighted by molar-refractivity contribution is 5.93. The number of hydrogen-bond acceptors (Lipinski definition) is 2. The fourth-order valence-corrected chi connectivity index (χ4v) is 2.56. The van der Waals surface area contributed by atoms with Crippen molar-refractivity contribution in [2.75, 3.05) is 31.5 Å². The van der Waals surface area contributed by atoms with E-state index in [0.717, 1.165) is 16.6 Å². The van der Waals surface area contributed by atoms with Gasteiger partial charge >= 0.3 is 6.03 Å². The first-order valence-corrected chi connectivity index (χ1v) is 7.02. The molecule has 0 radical (unpaired) electrons. The number of aromatic nitrogens is 1. The lowest BCUT2D eigenvalue weighted by Gasteiger charge is -2.34. The molecule has 0 saturated carbocycles. The van der Waals surface area contributed by atoms with Gasteiger partial charge in [-0.3, -0.25) is 4.79 Å². The third kappa shape index (κ3) is 2.84. The Labute approximate surface area is 122 Å². The highest BCUT2D eigenvalue weighted by Gasteiger charge is 2.22. The zero-order valence-electron chi connectivity index (χ0n) is 11.9. The monoisotopic (exact) mass is 286 g/mol. The Morgan fingerprint density at radius 2 is 1.81 bits per heavy atom. The van der Waals surface area contributed by atoms with E-state index in [9.17, 15) is 9.59 Å². The van der Waals surface area contributed by atoms with Gasteiger partial charge in [-0.1, -0.05) is 0 Å². The summed E-state index contributed by atoms with van der Waals surface area (Å²) < 4.78 is 0. The van der Waals surface area contributed by atoms with Gasteiger partial charge in [-0.15, -0.1) is 0 Å². The van der Waals surface area contributed by atoms with Gasteiger partial charge in [0, 0.05) is 55.9 Å². The van der Waals surface area contributed by atoms with E-state index in [-0.39, 0.29) is 11.9 Å². The average Bonchev–Trinajstić information content (AvgIpc) is 2.95. The lowest BCUT2D eigenvalue weighted by Crippen LogP contribution is -2.51. The van der Waals surface area contributed by atoms with E-state index in [0.29, 0.717) is 26.2 Å². The van der Waals surface area contributed by atoms with Crippen LogP contribution in [0.15, 0.2) is 30.5 Å². The Kier molecular flexibility index (Phi) is 3.51. The maximum atomic E-state index is 12.2. The number of carbonyl (C=O) groups excluding carboxylic acids is 2. The van der Waals surface area contributed by atoms with Gasteiger partial charge in [0.15, 0.2) is 0 Å². The summed E-state index contributed by atoms with van der Waals surface area (Å²) in [6.45, 7) is 3.89. The third-order valence-electron chi connectivity index (χ3n) is 3.82. The molecule has 1 aromatic heterocycles. The Balaban J connectivity index is 1.62. The van der Waals surface area contributed by atoms with Crippen LogP contribution in [0.5, 0.6) is 0 Å². The normalized spacial score (nSPS) is 15.3. The van der Waals surface area contributed by atoms with E-state index in [1.54, 1.807) is 16.7 Å². The Morgan fingerprint density at radius 1 is 1.10 bits per heavy atom.